The number of nitrogens with two attached hydrogens (primary N) is 1. The molecule has 1 amide bonds. The Kier molecular flexibility index (Phi) is 3.38. The fraction of sp³-hybridized carbons (Fsp3) is 0.273. The van der Waals surface area contributed by atoms with Crippen LogP contribution in [0.4, 0.5) is 5.69 Å². The average molecular weight is 238 g/mol. The average Bonchev–Trinajstić information content (AvgIpc) is 2.19. The molecule has 0 unspecified atom stereocenters. The molecule has 0 bridgehead atoms. The second kappa shape index (κ2) is 4.42. The monoisotopic (exact) mass is 238 g/mol. The van der Waals surface area contributed by atoms with Crippen molar-refractivity contribution in [1.82, 2.24) is 0 Å². The Labute approximate surface area is 98.1 Å². The van der Waals surface area contributed by atoms with Crippen molar-refractivity contribution in [3.63, 3.8) is 0 Å². The zero-order valence-corrected chi connectivity index (χ0v) is 9.52. The van der Waals surface area contributed by atoms with Crippen LogP contribution in [0.15, 0.2) is 18.2 Å². The summed E-state index contributed by atoms with van der Waals surface area (Å²) in [6, 6.07) is 3.60. The van der Waals surface area contributed by atoms with Crippen LogP contribution in [-0.2, 0) is 4.79 Å². The third kappa shape index (κ3) is 3.18. The number of carboxylic acid groups (broad SMARTS) is 1. The van der Waals surface area contributed by atoms with Crippen LogP contribution in [0.25, 0.3) is 0 Å². The maximum Gasteiger partial charge on any atom is 0.335 e. The van der Waals surface area contributed by atoms with Gasteiger partial charge in [-0.25, -0.2) is 4.79 Å². The third-order valence-electron chi connectivity index (χ3n) is 2.08. The summed E-state index contributed by atoms with van der Waals surface area (Å²) in [6.45, 7) is 3.00. The van der Waals surface area contributed by atoms with Crippen molar-refractivity contribution in [2.45, 2.75) is 19.4 Å². The maximum atomic E-state index is 11.6. The molecule has 1 aromatic carbocycles. The Morgan fingerprint density at radius 1 is 1.35 bits per heavy atom. The number of nitrogens with one attached hydrogen (secondary N) is 1. The van der Waals surface area contributed by atoms with E-state index in [1.54, 1.807) is 0 Å². The summed E-state index contributed by atoms with van der Waals surface area (Å²) < 4.78 is 0. The van der Waals surface area contributed by atoms with Gasteiger partial charge >= 0.3 is 5.97 Å². The predicted molar refractivity (Wildman–Crippen MR) is 62.0 cm³/mol. The SMILES string of the molecule is CC(C)(N)C(=O)Nc1cc(C(=O)O)ccc1O. The van der Waals surface area contributed by atoms with Gasteiger partial charge in [0.2, 0.25) is 5.91 Å². The maximum absolute atomic E-state index is 11.6. The molecule has 0 heterocycles. The molecule has 0 spiro atoms. The van der Waals surface area contributed by atoms with Crippen molar-refractivity contribution in [3.05, 3.63) is 23.8 Å². The summed E-state index contributed by atoms with van der Waals surface area (Å²) in [4.78, 5) is 22.3. The van der Waals surface area contributed by atoms with Crippen LogP contribution in [0.1, 0.15) is 24.2 Å². The molecule has 0 saturated heterocycles. The van der Waals surface area contributed by atoms with Crippen LogP contribution in [0.2, 0.25) is 0 Å². The summed E-state index contributed by atoms with van der Waals surface area (Å²) >= 11 is 0. The molecule has 6 nitrogen and oxygen atoms in total. The van der Waals surface area contributed by atoms with Crippen LogP contribution < -0.4 is 11.1 Å². The number of phenolic OH excluding ortho intramolecular Hbond substituents is 1. The molecule has 0 atom stereocenters. The van der Waals surface area contributed by atoms with E-state index in [0.717, 1.165) is 0 Å². The van der Waals surface area contributed by atoms with Crippen molar-refractivity contribution < 1.29 is 19.8 Å². The summed E-state index contributed by atoms with van der Waals surface area (Å²) in [5.41, 5.74) is 4.43. The van der Waals surface area contributed by atoms with Crippen LogP contribution in [0.5, 0.6) is 5.75 Å². The highest BCUT2D eigenvalue weighted by Gasteiger charge is 2.23. The Hall–Kier alpha value is -2.08. The third-order valence-corrected chi connectivity index (χ3v) is 2.08. The molecule has 5 N–H and O–H groups in total. The minimum absolute atomic E-state index is 0.0217. The van der Waals surface area contributed by atoms with Crippen molar-refractivity contribution in [1.29, 1.82) is 0 Å². The van der Waals surface area contributed by atoms with Crippen LogP contribution >= 0.6 is 0 Å². The highest BCUT2D eigenvalue weighted by Crippen LogP contribution is 2.24. The van der Waals surface area contributed by atoms with Gasteiger partial charge in [0.05, 0.1) is 16.8 Å². The van der Waals surface area contributed by atoms with Crippen LogP contribution in [0, 0.1) is 0 Å². The van der Waals surface area contributed by atoms with Gasteiger partial charge in [-0.15, -0.1) is 0 Å². The van der Waals surface area contributed by atoms with E-state index in [-0.39, 0.29) is 17.0 Å². The molecule has 0 aromatic heterocycles. The largest absolute Gasteiger partial charge is 0.506 e. The lowest BCUT2D eigenvalue weighted by molar-refractivity contribution is -0.120. The topological polar surface area (TPSA) is 113 Å². The molecule has 1 rings (SSSR count). The molecule has 0 aliphatic rings. The number of hydrogen-bond acceptors (Lipinski definition) is 4. The van der Waals surface area contributed by atoms with E-state index in [1.807, 2.05) is 0 Å². The number of carbonyl (C=O) groups excluding carboxylic acids is 1. The molecule has 6 heteroatoms. The summed E-state index contributed by atoms with van der Waals surface area (Å²) in [6.07, 6.45) is 0. The number of hydrogen-bond donors (Lipinski definition) is 4. The van der Waals surface area contributed by atoms with Gasteiger partial charge in [-0.05, 0) is 32.0 Å². The molecule has 0 aliphatic carbocycles. The Balaban J connectivity index is 3.02. The van der Waals surface area contributed by atoms with Crippen LogP contribution in [-0.4, -0.2) is 27.6 Å². The summed E-state index contributed by atoms with van der Waals surface area (Å²) in [7, 11) is 0. The standard InChI is InChI=1S/C11H14N2O4/c1-11(2,12)10(17)13-7-5-6(9(15)16)3-4-8(7)14/h3-5,14H,12H2,1-2H3,(H,13,17)(H,15,16). The number of phenols is 1. The minimum atomic E-state index is -1.15. The first kappa shape index (κ1) is 13.0. The number of amides is 1. The molecule has 0 fully saturated rings. The van der Waals surface area contributed by atoms with E-state index in [4.69, 9.17) is 10.8 Å². The van der Waals surface area contributed by atoms with Crippen molar-refractivity contribution >= 4 is 17.6 Å². The predicted octanol–water partition coefficient (Wildman–Crippen LogP) is 0.766. The Morgan fingerprint density at radius 3 is 2.41 bits per heavy atom. The molecule has 17 heavy (non-hydrogen) atoms. The van der Waals surface area contributed by atoms with Gasteiger partial charge in [0, 0.05) is 0 Å². The number of benzene rings is 1. The fourth-order valence-electron chi connectivity index (χ4n) is 1.05. The zero-order chi connectivity index (χ0) is 13.2. The zero-order valence-electron chi connectivity index (χ0n) is 9.52. The number of carbonyl (C=O) groups is 2. The molecule has 92 valence electrons. The van der Waals surface area contributed by atoms with E-state index >= 15 is 0 Å². The fourth-order valence-corrected chi connectivity index (χ4v) is 1.05. The molecule has 0 saturated carbocycles. The number of aromatic carboxylic acids is 1. The lowest BCUT2D eigenvalue weighted by atomic mass is 10.1. The lowest BCUT2D eigenvalue weighted by Gasteiger charge is -2.18. The second-order valence-corrected chi connectivity index (χ2v) is 4.21. The molecular weight excluding hydrogens is 224 g/mol. The normalized spacial score (nSPS) is 11.0. The smallest absolute Gasteiger partial charge is 0.335 e. The lowest BCUT2D eigenvalue weighted by Crippen LogP contribution is -2.45. The molecule has 1 aromatic rings. The van der Waals surface area contributed by atoms with Crippen LogP contribution in [0.3, 0.4) is 0 Å². The quantitative estimate of drug-likeness (QED) is 0.581. The van der Waals surface area contributed by atoms with Gasteiger partial charge in [0.15, 0.2) is 0 Å². The molecule has 0 aliphatic heterocycles. The first-order valence-electron chi connectivity index (χ1n) is 4.88. The molecule has 0 radical (unpaired) electrons. The van der Waals surface area contributed by atoms with E-state index in [0.29, 0.717) is 0 Å². The van der Waals surface area contributed by atoms with Crippen molar-refractivity contribution in [3.8, 4) is 5.75 Å². The van der Waals surface area contributed by atoms with Gasteiger partial charge in [-0.1, -0.05) is 0 Å². The highest BCUT2D eigenvalue weighted by atomic mass is 16.4. The Bertz CT molecular complexity index is 463. The summed E-state index contributed by atoms with van der Waals surface area (Å²) in [5, 5.41) is 20.6. The van der Waals surface area contributed by atoms with Gasteiger partial charge in [-0.3, -0.25) is 4.79 Å². The van der Waals surface area contributed by atoms with E-state index in [9.17, 15) is 14.7 Å². The van der Waals surface area contributed by atoms with Gasteiger partial charge in [0.25, 0.3) is 0 Å². The van der Waals surface area contributed by atoms with Gasteiger partial charge < -0.3 is 21.3 Å². The molecular formula is C11H14N2O4. The van der Waals surface area contributed by atoms with Gasteiger partial charge in [-0.2, -0.15) is 0 Å². The second-order valence-electron chi connectivity index (χ2n) is 4.21. The number of rotatable bonds is 3. The van der Waals surface area contributed by atoms with E-state index in [1.165, 1.54) is 32.0 Å². The number of carboxylic acids is 1. The van der Waals surface area contributed by atoms with Gasteiger partial charge in [0.1, 0.15) is 5.75 Å². The first-order chi connectivity index (χ1) is 7.71. The number of anilines is 1. The van der Waals surface area contributed by atoms with Crippen molar-refractivity contribution in [2.24, 2.45) is 5.73 Å². The van der Waals surface area contributed by atoms with E-state index < -0.39 is 17.4 Å². The number of aromatic hydroxyl groups is 1. The minimum Gasteiger partial charge on any atom is -0.506 e. The summed E-state index contributed by atoms with van der Waals surface area (Å²) in [5.74, 6) is -1.88. The Morgan fingerprint density at radius 2 is 1.94 bits per heavy atom. The van der Waals surface area contributed by atoms with E-state index in [2.05, 4.69) is 5.32 Å². The first-order valence-corrected chi connectivity index (χ1v) is 4.88. The van der Waals surface area contributed by atoms with Crippen molar-refractivity contribution in [2.75, 3.05) is 5.32 Å². The highest BCUT2D eigenvalue weighted by molar-refractivity contribution is 5.99.